The molecular weight excluding hydrogens is 254 g/mol. The van der Waals surface area contributed by atoms with Crippen molar-refractivity contribution >= 4 is 17.1 Å². The summed E-state index contributed by atoms with van der Waals surface area (Å²) in [6.07, 6.45) is 4.81. The van der Waals surface area contributed by atoms with Crippen molar-refractivity contribution in [3.8, 4) is 0 Å². The van der Waals surface area contributed by atoms with E-state index in [0.717, 1.165) is 24.9 Å². The Morgan fingerprint density at radius 2 is 2.16 bits per heavy atom. The third-order valence-electron chi connectivity index (χ3n) is 3.84. The molecule has 0 radical (unpaired) electrons. The van der Waals surface area contributed by atoms with Crippen LogP contribution in [0.1, 0.15) is 41.2 Å². The van der Waals surface area contributed by atoms with Gasteiger partial charge in [0, 0.05) is 35.3 Å². The third kappa shape index (κ3) is 2.52. The Kier molecular flexibility index (Phi) is 3.09. The van der Waals surface area contributed by atoms with Crippen molar-refractivity contribution in [2.24, 2.45) is 5.41 Å². The number of thiophene rings is 1. The number of carbonyl (C=O) groups is 1. The molecule has 3 heteroatoms. The summed E-state index contributed by atoms with van der Waals surface area (Å²) in [7, 11) is 0. The smallest absolute Gasteiger partial charge is 0.165 e. The van der Waals surface area contributed by atoms with Gasteiger partial charge >= 0.3 is 0 Å². The average Bonchev–Trinajstić information content (AvgIpc) is 2.93. The van der Waals surface area contributed by atoms with Gasteiger partial charge in [-0.3, -0.25) is 4.79 Å². The second-order valence-electron chi connectivity index (χ2n) is 6.14. The average molecular weight is 273 g/mol. The minimum atomic E-state index is 0.100. The molecular formula is C16H19NOS. The first-order valence-electron chi connectivity index (χ1n) is 6.79. The monoisotopic (exact) mass is 273 g/mol. The zero-order valence-corrected chi connectivity index (χ0v) is 12.3. The summed E-state index contributed by atoms with van der Waals surface area (Å²) in [6, 6.07) is 6.27. The van der Waals surface area contributed by atoms with Gasteiger partial charge in [0.2, 0.25) is 0 Å². The van der Waals surface area contributed by atoms with Gasteiger partial charge < -0.3 is 4.57 Å². The first kappa shape index (κ1) is 12.7. The van der Waals surface area contributed by atoms with Crippen LogP contribution >= 0.6 is 11.3 Å². The van der Waals surface area contributed by atoms with Gasteiger partial charge in [-0.1, -0.05) is 19.9 Å². The Hall–Kier alpha value is -1.35. The molecule has 0 spiro atoms. The first-order chi connectivity index (χ1) is 9.05. The van der Waals surface area contributed by atoms with Crippen LogP contribution in [0.4, 0.5) is 0 Å². The fourth-order valence-electron chi connectivity index (χ4n) is 2.90. The summed E-state index contributed by atoms with van der Waals surface area (Å²) in [4.78, 5) is 13.5. The topological polar surface area (TPSA) is 22.0 Å². The summed E-state index contributed by atoms with van der Waals surface area (Å²) in [5, 5.41) is 2.12. The van der Waals surface area contributed by atoms with Gasteiger partial charge in [0.15, 0.2) is 5.78 Å². The lowest BCUT2D eigenvalue weighted by atomic mass is 9.76. The highest BCUT2D eigenvalue weighted by molar-refractivity contribution is 7.09. The molecule has 2 aromatic rings. The highest BCUT2D eigenvalue weighted by atomic mass is 32.1. The van der Waals surface area contributed by atoms with Crippen LogP contribution in [-0.2, 0) is 19.4 Å². The predicted octanol–water partition coefficient (Wildman–Crippen LogP) is 3.95. The van der Waals surface area contributed by atoms with Crippen molar-refractivity contribution in [3.63, 3.8) is 0 Å². The largest absolute Gasteiger partial charge is 0.350 e. The molecule has 1 aliphatic rings. The Labute approximate surface area is 118 Å². The van der Waals surface area contributed by atoms with Gasteiger partial charge in [-0.05, 0) is 35.8 Å². The van der Waals surface area contributed by atoms with E-state index in [-0.39, 0.29) is 5.41 Å². The van der Waals surface area contributed by atoms with Crippen LogP contribution in [-0.4, -0.2) is 10.4 Å². The number of hydrogen-bond donors (Lipinski definition) is 0. The number of rotatable bonds is 3. The van der Waals surface area contributed by atoms with E-state index < -0.39 is 0 Å². The molecule has 1 aliphatic carbocycles. The van der Waals surface area contributed by atoms with E-state index in [1.54, 1.807) is 11.3 Å². The summed E-state index contributed by atoms with van der Waals surface area (Å²) >= 11 is 1.80. The SMILES string of the molecule is CC1(C)CC(=O)c2ccn(CCc3cccs3)c2C1. The number of nitrogens with zero attached hydrogens (tertiary/aromatic N) is 1. The summed E-state index contributed by atoms with van der Waals surface area (Å²) < 4.78 is 2.27. The number of ketones is 1. The molecule has 19 heavy (non-hydrogen) atoms. The van der Waals surface area contributed by atoms with Crippen LogP contribution in [0.3, 0.4) is 0 Å². The van der Waals surface area contributed by atoms with Gasteiger partial charge in [-0.25, -0.2) is 0 Å². The Balaban J connectivity index is 1.82. The van der Waals surface area contributed by atoms with Gasteiger partial charge in [-0.15, -0.1) is 11.3 Å². The van der Waals surface area contributed by atoms with Crippen LogP contribution in [0, 0.1) is 5.41 Å². The molecule has 3 rings (SSSR count). The summed E-state index contributed by atoms with van der Waals surface area (Å²) in [5.74, 6) is 0.307. The van der Waals surface area contributed by atoms with Gasteiger partial charge in [0.25, 0.3) is 0 Å². The van der Waals surface area contributed by atoms with Crippen molar-refractivity contribution in [2.45, 2.75) is 39.7 Å². The minimum absolute atomic E-state index is 0.100. The van der Waals surface area contributed by atoms with Crippen LogP contribution in [0.5, 0.6) is 0 Å². The molecule has 0 saturated carbocycles. The molecule has 0 N–H and O–H groups in total. The van der Waals surface area contributed by atoms with Gasteiger partial charge in [-0.2, -0.15) is 0 Å². The van der Waals surface area contributed by atoms with E-state index in [2.05, 4.69) is 42.1 Å². The zero-order chi connectivity index (χ0) is 13.5. The van der Waals surface area contributed by atoms with Crippen molar-refractivity contribution in [1.82, 2.24) is 4.57 Å². The number of carbonyl (C=O) groups excluding carboxylic acids is 1. The number of aryl methyl sites for hydroxylation is 2. The number of hydrogen-bond acceptors (Lipinski definition) is 2. The lowest BCUT2D eigenvalue weighted by Crippen LogP contribution is -2.28. The van der Waals surface area contributed by atoms with E-state index in [1.165, 1.54) is 10.6 Å². The summed E-state index contributed by atoms with van der Waals surface area (Å²) in [5.41, 5.74) is 2.28. The minimum Gasteiger partial charge on any atom is -0.350 e. The maximum atomic E-state index is 12.1. The molecule has 2 nitrogen and oxygen atoms in total. The zero-order valence-electron chi connectivity index (χ0n) is 11.5. The van der Waals surface area contributed by atoms with E-state index >= 15 is 0 Å². The Bertz CT molecular complexity index is 592. The molecule has 0 aromatic carbocycles. The lowest BCUT2D eigenvalue weighted by molar-refractivity contribution is 0.0910. The number of fused-ring (bicyclic) bond motifs is 1. The second-order valence-corrected chi connectivity index (χ2v) is 7.17. The summed E-state index contributed by atoms with van der Waals surface area (Å²) in [6.45, 7) is 5.34. The fraction of sp³-hybridized carbons (Fsp3) is 0.438. The van der Waals surface area contributed by atoms with Crippen LogP contribution in [0.2, 0.25) is 0 Å². The molecule has 0 fully saturated rings. The number of aromatic nitrogens is 1. The van der Waals surface area contributed by atoms with Crippen molar-refractivity contribution in [3.05, 3.63) is 45.9 Å². The van der Waals surface area contributed by atoms with Crippen LogP contribution in [0.15, 0.2) is 29.8 Å². The van der Waals surface area contributed by atoms with Crippen LogP contribution < -0.4 is 0 Å². The first-order valence-corrected chi connectivity index (χ1v) is 7.67. The maximum absolute atomic E-state index is 12.1. The molecule has 0 bridgehead atoms. The van der Waals surface area contributed by atoms with Gasteiger partial charge in [0.1, 0.15) is 0 Å². The van der Waals surface area contributed by atoms with E-state index in [4.69, 9.17) is 0 Å². The standard InChI is InChI=1S/C16H19NOS/c1-16(2)10-14-13(15(18)11-16)6-8-17(14)7-5-12-4-3-9-19-12/h3-4,6,8-9H,5,7,10-11H2,1-2H3. The molecule has 0 unspecified atom stereocenters. The van der Waals surface area contributed by atoms with Crippen molar-refractivity contribution in [2.75, 3.05) is 0 Å². The highest BCUT2D eigenvalue weighted by Crippen LogP contribution is 2.35. The molecule has 2 aromatic heterocycles. The van der Waals surface area contributed by atoms with E-state index in [9.17, 15) is 4.79 Å². The van der Waals surface area contributed by atoms with Crippen LogP contribution in [0.25, 0.3) is 0 Å². The van der Waals surface area contributed by atoms with E-state index in [0.29, 0.717) is 12.2 Å². The Morgan fingerprint density at radius 1 is 1.32 bits per heavy atom. The number of Topliss-reactive ketones (excluding diaryl/α,β-unsaturated/α-hetero) is 1. The van der Waals surface area contributed by atoms with Gasteiger partial charge in [0.05, 0.1) is 0 Å². The predicted molar refractivity (Wildman–Crippen MR) is 78.9 cm³/mol. The van der Waals surface area contributed by atoms with E-state index in [1.807, 2.05) is 6.07 Å². The maximum Gasteiger partial charge on any atom is 0.165 e. The molecule has 2 heterocycles. The fourth-order valence-corrected chi connectivity index (χ4v) is 3.59. The second kappa shape index (κ2) is 4.64. The van der Waals surface area contributed by atoms with Crippen molar-refractivity contribution in [1.29, 1.82) is 0 Å². The molecule has 0 atom stereocenters. The van der Waals surface area contributed by atoms with Crippen molar-refractivity contribution < 1.29 is 4.79 Å². The molecule has 0 aliphatic heterocycles. The quantitative estimate of drug-likeness (QED) is 0.830. The highest BCUT2D eigenvalue weighted by Gasteiger charge is 2.32. The normalized spacial score (nSPS) is 17.5. The lowest BCUT2D eigenvalue weighted by Gasteiger charge is -2.29. The molecule has 100 valence electrons. The third-order valence-corrected chi connectivity index (χ3v) is 4.78. The Morgan fingerprint density at radius 3 is 2.89 bits per heavy atom. The molecule has 0 amide bonds. The molecule has 0 saturated heterocycles.